The van der Waals surface area contributed by atoms with Gasteiger partial charge in [-0.25, -0.2) is 4.79 Å². The van der Waals surface area contributed by atoms with Gasteiger partial charge < -0.3 is 15.7 Å². The molecule has 0 spiro atoms. The van der Waals surface area contributed by atoms with Crippen LogP contribution in [0.25, 0.3) is 0 Å². The highest BCUT2D eigenvalue weighted by atomic mass is 16.1. The molecule has 0 unspecified atom stereocenters. The second kappa shape index (κ2) is 2.49. The fourth-order valence-corrected chi connectivity index (χ4v) is 0.592. The highest BCUT2D eigenvalue weighted by Crippen LogP contribution is 1.86. The van der Waals surface area contributed by atoms with Crippen LogP contribution in [0.15, 0.2) is 11.0 Å². The number of carbonyl (C=O) groups is 1. The molecule has 5 nitrogen and oxygen atoms in total. The van der Waals surface area contributed by atoms with Gasteiger partial charge in [-0.1, -0.05) is 0 Å². The molecule has 10 heavy (non-hydrogen) atoms. The minimum atomic E-state index is -0.392. The molecular formula is C5H7N3O2. The Hall–Kier alpha value is -1.36. The van der Waals surface area contributed by atoms with E-state index in [1.807, 2.05) is 0 Å². The summed E-state index contributed by atoms with van der Waals surface area (Å²) in [7, 11) is 0. The summed E-state index contributed by atoms with van der Waals surface area (Å²) in [4.78, 5) is 25.7. The predicted octanol–water partition coefficient (Wildman–Crippen LogP) is -1.16. The van der Waals surface area contributed by atoms with Gasteiger partial charge in [-0.2, -0.15) is 0 Å². The van der Waals surface area contributed by atoms with Gasteiger partial charge in [0.15, 0.2) is 5.78 Å². The SMILES string of the molecule is NCC(=O)c1c[nH]c(=O)[nH]1. The van der Waals surface area contributed by atoms with Crippen LogP contribution in [0.2, 0.25) is 0 Å². The van der Waals surface area contributed by atoms with Crippen LogP contribution in [0, 0.1) is 0 Å². The summed E-state index contributed by atoms with van der Waals surface area (Å²) >= 11 is 0. The van der Waals surface area contributed by atoms with Gasteiger partial charge in [0.05, 0.1) is 6.54 Å². The lowest BCUT2D eigenvalue weighted by molar-refractivity contribution is 0.0997. The van der Waals surface area contributed by atoms with Crippen LogP contribution in [0.5, 0.6) is 0 Å². The number of hydrogen-bond donors (Lipinski definition) is 3. The van der Waals surface area contributed by atoms with Crippen molar-refractivity contribution in [3.8, 4) is 0 Å². The summed E-state index contributed by atoms with van der Waals surface area (Å²) in [5.74, 6) is -0.279. The third-order valence-corrected chi connectivity index (χ3v) is 1.08. The van der Waals surface area contributed by atoms with Gasteiger partial charge in [0, 0.05) is 6.20 Å². The van der Waals surface area contributed by atoms with Crippen molar-refractivity contribution in [3.05, 3.63) is 22.4 Å². The largest absolute Gasteiger partial charge is 0.324 e. The van der Waals surface area contributed by atoms with E-state index in [4.69, 9.17) is 5.73 Å². The minimum absolute atomic E-state index is 0.0895. The van der Waals surface area contributed by atoms with E-state index in [1.165, 1.54) is 6.20 Å². The number of aromatic nitrogens is 2. The maximum absolute atomic E-state index is 10.7. The summed E-state index contributed by atoms with van der Waals surface area (Å²) in [6, 6.07) is 0. The van der Waals surface area contributed by atoms with E-state index < -0.39 is 5.69 Å². The molecule has 1 aromatic rings. The average molecular weight is 141 g/mol. The molecule has 1 aromatic heterocycles. The van der Waals surface area contributed by atoms with Crippen LogP contribution >= 0.6 is 0 Å². The lowest BCUT2D eigenvalue weighted by atomic mass is 10.3. The Kier molecular flexibility index (Phi) is 1.68. The summed E-state index contributed by atoms with van der Waals surface area (Å²) < 4.78 is 0. The van der Waals surface area contributed by atoms with Gasteiger partial charge in [-0.15, -0.1) is 0 Å². The van der Waals surface area contributed by atoms with Crippen molar-refractivity contribution in [2.75, 3.05) is 6.54 Å². The zero-order valence-corrected chi connectivity index (χ0v) is 5.18. The lowest BCUT2D eigenvalue weighted by Gasteiger charge is -1.86. The minimum Gasteiger partial charge on any atom is -0.324 e. The van der Waals surface area contributed by atoms with E-state index in [-0.39, 0.29) is 18.0 Å². The van der Waals surface area contributed by atoms with E-state index >= 15 is 0 Å². The molecule has 0 saturated heterocycles. The first-order chi connectivity index (χ1) is 4.74. The number of Topliss-reactive ketones (excluding diaryl/α,β-unsaturated/α-hetero) is 1. The number of imidazole rings is 1. The fraction of sp³-hybridized carbons (Fsp3) is 0.200. The Balaban J connectivity index is 2.95. The molecule has 4 N–H and O–H groups in total. The number of H-pyrrole nitrogens is 2. The van der Waals surface area contributed by atoms with Crippen LogP contribution in [0.1, 0.15) is 10.5 Å². The zero-order chi connectivity index (χ0) is 7.56. The summed E-state index contributed by atoms with van der Waals surface area (Å²) in [6.07, 6.45) is 1.30. The molecule has 1 heterocycles. The van der Waals surface area contributed by atoms with Crippen LogP contribution in [0.3, 0.4) is 0 Å². The quantitative estimate of drug-likeness (QED) is 0.454. The molecule has 54 valence electrons. The average Bonchev–Trinajstić information content (AvgIpc) is 2.34. The maximum atomic E-state index is 10.7. The molecule has 0 aliphatic rings. The second-order valence-corrected chi connectivity index (χ2v) is 1.78. The molecule has 0 amide bonds. The third kappa shape index (κ3) is 1.14. The number of carbonyl (C=O) groups excluding carboxylic acids is 1. The van der Waals surface area contributed by atoms with E-state index in [2.05, 4.69) is 9.97 Å². The van der Waals surface area contributed by atoms with Crippen LogP contribution < -0.4 is 11.4 Å². The molecule has 0 radical (unpaired) electrons. The van der Waals surface area contributed by atoms with Crippen molar-refractivity contribution in [2.24, 2.45) is 5.73 Å². The summed E-state index contributed by atoms with van der Waals surface area (Å²) in [5.41, 5.74) is 4.87. The van der Waals surface area contributed by atoms with Crippen molar-refractivity contribution in [3.63, 3.8) is 0 Å². The van der Waals surface area contributed by atoms with Gasteiger partial charge in [0.1, 0.15) is 5.69 Å². The number of rotatable bonds is 2. The van der Waals surface area contributed by atoms with Gasteiger partial charge in [-0.05, 0) is 0 Å². The van der Waals surface area contributed by atoms with Crippen LogP contribution in [-0.4, -0.2) is 22.3 Å². The molecule has 0 bridgehead atoms. The van der Waals surface area contributed by atoms with Crippen molar-refractivity contribution in [1.82, 2.24) is 9.97 Å². The highest BCUT2D eigenvalue weighted by molar-refractivity contribution is 5.95. The van der Waals surface area contributed by atoms with Crippen molar-refractivity contribution < 1.29 is 4.79 Å². The molecule has 0 atom stereocenters. The number of aromatic amines is 2. The van der Waals surface area contributed by atoms with Crippen LogP contribution in [0.4, 0.5) is 0 Å². The molecule has 0 aromatic carbocycles. The fourth-order valence-electron chi connectivity index (χ4n) is 0.592. The normalized spacial score (nSPS) is 9.70. The predicted molar refractivity (Wildman–Crippen MR) is 34.8 cm³/mol. The first-order valence-electron chi connectivity index (χ1n) is 2.75. The maximum Gasteiger partial charge on any atom is 0.323 e. The molecule has 0 fully saturated rings. The van der Waals surface area contributed by atoms with E-state index in [0.717, 1.165) is 0 Å². The van der Waals surface area contributed by atoms with Gasteiger partial charge >= 0.3 is 5.69 Å². The van der Waals surface area contributed by atoms with Crippen molar-refractivity contribution in [1.29, 1.82) is 0 Å². The monoisotopic (exact) mass is 141 g/mol. The number of ketones is 1. The summed E-state index contributed by atoms with van der Waals surface area (Å²) in [5, 5.41) is 0. The Morgan fingerprint density at radius 2 is 2.40 bits per heavy atom. The Labute approximate surface area is 56.3 Å². The van der Waals surface area contributed by atoms with Gasteiger partial charge in [0.25, 0.3) is 0 Å². The van der Waals surface area contributed by atoms with Crippen LogP contribution in [-0.2, 0) is 0 Å². The Morgan fingerprint density at radius 1 is 1.70 bits per heavy atom. The molecule has 1 rings (SSSR count). The van der Waals surface area contributed by atoms with Gasteiger partial charge in [-0.3, -0.25) is 4.79 Å². The molecule has 5 heteroatoms. The van der Waals surface area contributed by atoms with Gasteiger partial charge in [0.2, 0.25) is 0 Å². The first-order valence-corrected chi connectivity index (χ1v) is 2.75. The number of hydrogen-bond acceptors (Lipinski definition) is 3. The van der Waals surface area contributed by atoms with Crippen molar-refractivity contribution in [2.45, 2.75) is 0 Å². The van der Waals surface area contributed by atoms with Crippen molar-refractivity contribution >= 4 is 5.78 Å². The Morgan fingerprint density at radius 3 is 2.80 bits per heavy atom. The smallest absolute Gasteiger partial charge is 0.323 e. The lowest BCUT2D eigenvalue weighted by Crippen LogP contribution is -2.15. The molecule has 0 aliphatic heterocycles. The van der Waals surface area contributed by atoms with E-state index in [0.29, 0.717) is 0 Å². The summed E-state index contributed by atoms with van der Waals surface area (Å²) in [6.45, 7) is -0.0895. The first kappa shape index (κ1) is 6.76. The number of nitrogens with one attached hydrogen (secondary N) is 2. The van der Waals surface area contributed by atoms with E-state index in [1.54, 1.807) is 0 Å². The molecular weight excluding hydrogens is 134 g/mol. The standard InChI is InChI=1S/C5H7N3O2/c6-1-4(9)3-2-7-5(10)8-3/h2H,1,6H2,(H2,7,8,10). The van der Waals surface area contributed by atoms with E-state index in [9.17, 15) is 9.59 Å². The molecule has 0 aliphatic carbocycles. The Bertz CT molecular complexity index is 285. The topological polar surface area (TPSA) is 91.7 Å². The number of nitrogens with two attached hydrogens (primary N) is 1. The zero-order valence-electron chi connectivity index (χ0n) is 5.18. The second-order valence-electron chi connectivity index (χ2n) is 1.78. The third-order valence-electron chi connectivity index (χ3n) is 1.08. The highest BCUT2D eigenvalue weighted by Gasteiger charge is 2.03. The molecule has 0 saturated carbocycles.